The van der Waals surface area contributed by atoms with Crippen LogP contribution in [0.2, 0.25) is 5.02 Å². The molecule has 3 aromatic rings. The number of carbonyl (C=O) groups is 1. The van der Waals surface area contributed by atoms with Gasteiger partial charge in [0.15, 0.2) is 5.65 Å². The number of hydrogen-bond acceptors (Lipinski definition) is 3. The Kier molecular flexibility index (Phi) is 2.89. The largest absolute Gasteiger partial charge is 0.321 e. The zero-order valence-electron chi connectivity index (χ0n) is 9.75. The van der Waals surface area contributed by atoms with Gasteiger partial charge in [-0.1, -0.05) is 17.7 Å². The topological polar surface area (TPSA) is 59.3 Å². The van der Waals surface area contributed by atoms with Crippen LogP contribution in [0.25, 0.3) is 5.65 Å². The number of anilines is 1. The van der Waals surface area contributed by atoms with E-state index in [4.69, 9.17) is 11.6 Å². The maximum absolute atomic E-state index is 12.0. The molecule has 0 bridgehead atoms. The van der Waals surface area contributed by atoms with Gasteiger partial charge in [0, 0.05) is 16.8 Å². The van der Waals surface area contributed by atoms with Crippen molar-refractivity contribution in [1.29, 1.82) is 0 Å². The quantitative estimate of drug-likeness (QED) is 0.780. The summed E-state index contributed by atoms with van der Waals surface area (Å²) in [7, 11) is 0. The number of pyridine rings is 1. The van der Waals surface area contributed by atoms with Crippen molar-refractivity contribution in [3.63, 3.8) is 0 Å². The molecule has 1 aromatic carbocycles. The van der Waals surface area contributed by atoms with Gasteiger partial charge in [0.2, 0.25) is 0 Å². The molecule has 0 radical (unpaired) electrons. The van der Waals surface area contributed by atoms with Crippen molar-refractivity contribution < 1.29 is 4.79 Å². The van der Waals surface area contributed by atoms with Crippen molar-refractivity contribution in [3.8, 4) is 0 Å². The highest BCUT2D eigenvalue weighted by Gasteiger charge is 2.07. The number of amides is 1. The third kappa shape index (κ3) is 2.41. The molecule has 0 atom stereocenters. The molecule has 0 saturated heterocycles. The molecule has 5 nitrogen and oxygen atoms in total. The average molecular weight is 273 g/mol. The number of halogens is 1. The van der Waals surface area contributed by atoms with Crippen molar-refractivity contribution in [2.45, 2.75) is 0 Å². The van der Waals surface area contributed by atoms with E-state index in [1.165, 1.54) is 0 Å². The number of nitrogens with zero attached hydrogens (tertiary/aromatic N) is 3. The summed E-state index contributed by atoms with van der Waals surface area (Å²) in [5.41, 5.74) is 1.90. The number of rotatable bonds is 2. The molecule has 0 unspecified atom stereocenters. The third-order valence-electron chi connectivity index (χ3n) is 2.64. The van der Waals surface area contributed by atoms with E-state index in [1.807, 2.05) is 0 Å². The van der Waals surface area contributed by atoms with E-state index in [2.05, 4.69) is 15.5 Å². The van der Waals surface area contributed by atoms with E-state index in [0.717, 1.165) is 5.65 Å². The smallest absolute Gasteiger partial charge is 0.255 e. The van der Waals surface area contributed by atoms with Gasteiger partial charge < -0.3 is 5.32 Å². The van der Waals surface area contributed by atoms with Crippen LogP contribution in [0.1, 0.15) is 10.4 Å². The molecule has 0 aliphatic rings. The van der Waals surface area contributed by atoms with Crippen LogP contribution in [-0.2, 0) is 0 Å². The highest BCUT2D eigenvalue weighted by Crippen LogP contribution is 2.14. The minimum atomic E-state index is -0.213. The lowest BCUT2D eigenvalue weighted by Crippen LogP contribution is -2.12. The molecule has 6 heteroatoms. The standard InChI is InChI=1S/C13H9ClN4O/c14-10-3-1-2-9(6-10)13(19)16-11-4-5-12-17-15-8-18(12)7-11/h1-8H,(H,16,19). The molecule has 94 valence electrons. The number of benzene rings is 1. The number of carbonyl (C=O) groups excluding carboxylic acids is 1. The third-order valence-corrected chi connectivity index (χ3v) is 2.87. The fraction of sp³-hybridized carbons (Fsp3) is 0. The fourth-order valence-electron chi connectivity index (χ4n) is 1.73. The number of hydrogen-bond donors (Lipinski definition) is 1. The second-order valence-electron chi connectivity index (χ2n) is 3.98. The second kappa shape index (κ2) is 4.70. The molecule has 0 aliphatic carbocycles. The fourth-order valence-corrected chi connectivity index (χ4v) is 1.92. The maximum Gasteiger partial charge on any atom is 0.255 e. The van der Waals surface area contributed by atoms with E-state index in [-0.39, 0.29) is 5.91 Å². The lowest BCUT2D eigenvalue weighted by atomic mass is 10.2. The summed E-state index contributed by atoms with van der Waals surface area (Å²) < 4.78 is 1.73. The lowest BCUT2D eigenvalue weighted by Gasteiger charge is -2.05. The van der Waals surface area contributed by atoms with Gasteiger partial charge in [-0.15, -0.1) is 10.2 Å². The van der Waals surface area contributed by atoms with E-state index in [1.54, 1.807) is 53.3 Å². The normalized spacial score (nSPS) is 10.6. The number of nitrogens with one attached hydrogen (secondary N) is 1. The first-order valence-corrected chi connectivity index (χ1v) is 5.96. The van der Waals surface area contributed by atoms with Crippen molar-refractivity contribution >= 4 is 28.8 Å². The molecule has 0 spiro atoms. The molecule has 2 aromatic heterocycles. The SMILES string of the molecule is O=C(Nc1ccc2nncn2c1)c1cccc(Cl)c1. The lowest BCUT2D eigenvalue weighted by molar-refractivity contribution is 0.102. The Morgan fingerprint density at radius 3 is 3.00 bits per heavy atom. The summed E-state index contributed by atoms with van der Waals surface area (Å²) in [5, 5.41) is 11.0. The Bertz CT molecular complexity index is 753. The zero-order chi connectivity index (χ0) is 13.2. The summed E-state index contributed by atoms with van der Waals surface area (Å²) in [6.07, 6.45) is 3.32. The molecule has 2 heterocycles. The summed E-state index contributed by atoms with van der Waals surface area (Å²) in [5.74, 6) is -0.213. The Morgan fingerprint density at radius 1 is 1.26 bits per heavy atom. The van der Waals surface area contributed by atoms with Crippen LogP contribution in [0.15, 0.2) is 48.9 Å². The van der Waals surface area contributed by atoms with E-state index in [9.17, 15) is 4.79 Å². The van der Waals surface area contributed by atoms with Gasteiger partial charge in [-0.05, 0) is 30.3 Å². The first kappa shape index (κ1) is 11.7. The predicted octanol–water partition coefficient (Wildman–Crippen LogP) is 2.64. The van der Waals surface area contributed by atoms with Crippen LogP contribution < -0.4 is 5.32 Å². The van der Waals surface area contributed by atoms with Gasteiger partial charge >= 0.3 is 0 Å². The molecular formula is C13H9ClN4O. The first-order chi connectivity index (χ1) is 9.22. The Balaban J connectivity index is 1.86. The van der Waals surface area contributed by atoms with Gasteiger partial charge in [-0.25, -0.2) is 0 Å². The van der Waals surface area contributed by atoms with Crippen LogP contribution in [0.3, 0.4) is 0 Å². The predicted molar refractivity (Wildman–Crippen MR) is 72.4 cm³/mol. The van der Waals surface area contributed by atoms with Crippen molar-refractivity contribution in [2.24, 2.45) is 0 Å². The van der Waals surface area contributed by atoms with Gasteiger partial charge in [0.05, 0.1) is 5.69 Å². The highest BCUT2D eigenvalue weighted by atomic mass is 35.5. The van der Waals surface area contributed by atoms with E-state index >= 15 is 0 Å². The van der Waals surface area contributed by atoms with Crippen molar-refractivity contribution in [2.75, 3.05) is 5.32 Å². The highest BCUT2D eigenvalue weighted by molar-refractivity contribution is 6.31. The minimum absolute atomic E-state index is 0.213. The van der Waals surface area contributed by atoms with Gasteiger partial charge in [-0.2, -0.15) is 0 Å². The molecule has 1 N–H and O–H groups in total. The van der Waals surface area contributed by atoms with Crippen LogP contribution in [0, 0.1) is 0 Å². The monoisotopic (exact) mass is 272 g/mol. The van der Waals surface area contributed by atoms with E-state index < -0.39 is 0 Å². The minimum Gasteiger partial charge on any atom is -0.321 e. The molecule has 0 saturated carbocycles. The number of aromatic nitrogens is 3. The number of fused-ring (bicyclic) bond motifs is 1. The van der Waals surface area contributed by atoms with E-state index in [0.29, 0.717) is 16.3 Å². The second-order valence-corrected chi connectivity index (χ2v) is 4.42. The maximum atomic E-state index is 12.0. The van der Waals surface area contributed by atoms with Crippen molar-refractivity contribution in [3.05, 3.63) is 59.5 Å². The summed E-state index contributed by atoms with van der Waals surface area (Å²) >= 11 is 5.85. The van der Waals surface area contributed by atoms with Crippen LogP contribution in [0.5, 0.6) is 0 Å². The Morgan fingerprint density at radius 2 is 2.16 bits per heavy atom. The molecule has 19 heavy (non-hydrogen) atoms. The molecule has 0 aliphatic heterocycles. The zero-order valence-corrected chi connectivity index (χ0v) is 10.5. The van der Waals surface area contributed by atoms with Gasteiger partial charge in [-0.3, -0.25) is 9.20 Å². The first-order valence-electron chi connectivity index (χ1n) is 5.59. The summed E-state index contributed by atoms with van der Waals surface area (Å²) in [4.78, 5) is 12.0. The molecule has 1 amide bonds. The Hall–Kier alpha value is -2.40. The Labute approximate surface area is 113 Å². The van der Waals surface area contributed by atoms with Crippen LogP contribution in [0.4, 0.5) is 5.69 Å². The molecule has 0 fully saturated rings. The van der Waals surface area contributed by atoms with Crippen LogP contribution in [-0.4, -0.2) is 20.5 Å². The van der Waals surface area contributed by atoms with Gasteiger partial charge in [0.25, 0.3) is 5.91 Å². The summed E-state index contributed by atoms with van der Waals surface area (Å²) in [6, 6.07) is 10.3. The van der Waals surface area contributed by atoms with Crippen LogP contribution >= 0.6 is 11.6 Å². The average Bonchev–Trinajstić information content (AvgIpc) is 2.86. The van der Waals surface area contributed by atoms with Crippen molar-refractivity contribution in [1.82, 2.24) is 14.6 Å². The molecule has 3 rings (SSSR count). The summed E-state index contributed by atoms with van der Waals surface area (Å²) in [6.45, 7) is 0. The van der Waals surface area contributed by atoms with Gasteiger partial charge in [0.1, 0.15) is 6.33 Å². The molecular weight excluding hydrogens is 264 g/mol.